The Morgan fingerprint density at radius 3 is 2.34 bits per heavy atom. The summed E-state index contributed by atoms with van der Waals surface area (Å²) in [7, 11) is 0. The van der Waals surface area contributed by atoms with E-state index in [1.165, 1.54) is 38.5 Å². The average Bonchev–Trinajstić information content (AvgIpc) is 2.92. The van der Waals surface area contributed by atoms with E-state index in [2.05, 4.69) is 46.8 Å². The Bertz CT molecular complexity index is 612. The minimum absolute atomic E-state index is 0.104. The zero-order valence-electron chi connectivity index (χ0n) is 19.6. The second kappa shape index (κ2) is 7.97. The molecule has 0 aromatic carbocycles. The maximum atomic E-state index is 11.2. The van der Waals surface area contributed by atoms with Gasteiger partial charge in [0.2, 0.25) is 0 Å². The van der Waals surface area contributed by atoms with Crippen molar-refractivity contribution >= 4 is 0 Å². The van der Waals surface area contributed by atoms with Crippen molar-refractivity contribution in [3.8, 4) is 0 Å². The van der Waals surface area contributed by atoms with E-state index in [-0.39, 0.29) is 12.2 Å². The standard InChI is InChI=1S/C27H46O2/c1-17(2)7-6-8-18(3)25-24(29)16-23-21-10-9-19-15-20(28)11-13-26(19,4)22(21)12-14-27(23,25)5/h9-10,17-25,28-29H,6-8,11-16H2,1-5H3. The SMILES string of the molecule is CC(C)CCCC(C)C1C(O)CC2C3C=CC4CC(O)CCC4(C)C3CCC21C. The van der Waals surface area contributed by atoms with Gasteiger partial charge in [0.1, 0.15) is 0 Å². The summed E-state index contributed by atoms with van der Waals surface area (Å²) in [6.45, 7) is 12.1. The van der Waals surface area contributed by atoms with E-state index in [9.17, 15) is 10.2 Å². The minimum Gasteiger partial charge on any atom is -0.393 e. The summed E-state index contributed by atoms with van der Waals surface area (Å²) in [5.41, 5.74) is 0.644. The molecule has 3 saturated carbocycles. The molecule has 0 radical (unpaired) electrons. The monoisotopic (exact) mass is 402 g/mol. The van der Waals surface area contributed by atoms with Crippen LogP contribution in [-0.2, 0) is 0 Å². The van der Waals surface area contributed by atoms with Gasteiger partial charge in [-0.05, 0) is 90.8 Å². The summed E-state index contributed by atoms with van der Waals surface area (Å²) >= 11 is 0. The molecule has 0 spiro atoms. The van der Waals surface area contributed by atoms with Crippen LogP contribution < -0.4 is 0 Å². The van der Waals surface area contributed by atoms with Crippen LogP contribution in [0.2, 0.25) is 0 Å². The van der Waals surface area contributed by atoms with Gasteiger partial charge < -0.3 is 10.2 Å². The van der Waals surface area contributed by atoms with E-state index in [0.717, 1.165) is 31.1 Å². The first-order chi connectivity index (χ1) is 13.7. The van der Waals surface area contributed by atoms with Crippen LogP contribution in [0.4, 0.5) is 0 Å². The van der Waals surface area contributed by atoms with Gasteiger partial charge in [0.15, 0.2) is 0 Å². The predicted octanol–water partition coefficient (Wildman–Crippen LogP) is 6.22. The Morgan fingerprint density at radius 2 is 1.62 bits per heavy atom. The Labute approximate surface area is 179 Å². The van der Waals surface area contributed by atoms with Crippen molar-refractivity contribution in [2.75, 3.05) is 0 Å². The van der Waals surface area contributed by atoms with Crippen LogP contribution >= 0.6 is 0 Å². The fraction of sp³-hybridized carbons (Fsp3) is 0.926. The molecule has 10 unspecified atom stereocenters. The lowest BCUT2D eigenvalue weighted by Crippen LogP contribution is -2.52. The van der Waals surface area contributed by atoms with Gasteiger partial charge in [-0.3, -0.25) is 0 Å². The third kappa shape index (κ3) is 3.65. The lowest BCUT2D eigenvalue weighted by Gasteiger charge is -2.59. The van der Waals surface area contributed by atoms with Gasteiger partial charge in [-0.25, -0.2) is 0 Å². The summed E-state index contributed by atoms with van der Waals surface area (Å²) in [6.07, 6.45) is 15.4. The number of aliphatic hydroxyl groups excluding tert-OH is 2. The summed E-state index contributed by atoms with van der Waals surface area (Å²) in [5, 5.41) is 21.4. The second-order valence-corrected chi connectivity index (χ2v) is 12.4. The Hall–Kier alpha value is -0.340. The number of allylic oxidation sites excluding steroid dienone is 2. The van der Waals surface area contributed by atoms with Crippen LogP contribution in [0.5, 0.6) is 0 Å². The van der Waals surface area contributed by atoms with Gasteiger partial charge in [-0.15, -0.1) is 0 Å². The zero-order chi connectivity index (χ0) is 21.0. The van der Waals surface area contributed by atoms with Gasteiger partial charge >= 0.3 is 0 Å². The molecule has 2 heteroatoms. The smallest absolute Gasteiger partial charge is 0.0579 e. The van der Waals surface area contributed by atoms with E-state index in [4.69, 9.17) is 0 Å². The third-order valence-corrected chi connectivity index (χ3v) is 10.3. The molecule has 0 saturated heterocycles. The van der Waals surface area contributed by atoms with Crippen LogP contribution in [0.25, 0.3) is 0 Å². The molecule has 4 aliphatic rings. The molecular formula is C27H46O2. The molecule has 29 heavy (non-hydrogen) atoms. The van der Waals surface area contributed by atoms with Crippen LogP contribution in [0, 0.1) is 52.3 Å². The van der Waals surface area contributed by atoms with Crippen molar-refractivity contribution in [2.24, 2.45) is 52.3 Å². The summed E-state index contributed by atoms with van der Waals surface area (Å²) in [4.78, 5) is 0. The number of aliphatic hydroxyl groups is 2. The van der Waals surface area contributed by atoms with Crippen LogP contribution in [0.3, 0.4) is 0 Å². The maximum Gasteiger partial charge on any atom is 0.0579 e. The van der Waals surface area contributed by atoms with E-state index >= 15 is 0 Å². The highest BCUT2D eigenvalue weighted by molar-refractivity contribution is 5.19. The first-order valence-corrected chi connectivity index (χ1v) is 12.7. The Balaban J connectivity index is 1.54. The number of rotatable bonds is 5. The number of fused-ring (bicyclic) bond motifs is 5. The molecule has 0 aromatic rings. The van der Waals surface area contributed by atoms with E-state index in [1.54, 1.807) is 0 Å². The fourth-order valence-electron chi connectivity index (χ4n) is 8.71. The van der Waals surface area contributed by atoms with E-state index in [0.29, 0.717) is 40.4 Å². The number of hydrogen-bond donors (Lipinski definition) is 2. The normalized spacial score (nSPS) is 50.1. The van der Waals surface area contributed by atoms with Gasteiger partial charge in [-0.2, -0.15) is 0 Å². The van der Waals surface area contributed by atoms with Crippen molar-refractivity contribution < 1.29 is 10.2 Å². The molecule has 10 atom stereocenters. The molecule has 166 valence electrons. The van der Waals surface area contributed by atoms with Gasteiger partial charge in [0.25, 0.3) is 0 Å². The topological polar surface area (TPSA) is 40.5 Å². The quantitative estimate of drug-likeness (QED) is 0.536. The highest BCUT2D eigenvalue weighted by Crippen LogP contribution is 2.67. The highest BCUT2D eigenvalue weighted by Gasteiger charge is 2.61. The molecule has 2 nitrogen and oxygen atoms in total. The first kappa shape index (κ1) is 21.9. The van der Waals surface area contributed by atoms with E-state index in [1.807, 2.05) is 0 Å². The molecule has 4 aliphatic carbocycles. The van der Waals surface area contributed by atoms with Crippen LogP contribution in [0.15, 0.2) is 12.2 Å². The van der Waals surface area contributed by atoms with Crippen LogP contribution in [0.1, 0.15) is 92.4 Å². The van der Waals surface area contributed by atoms with Crippen molar-refractivity contribution in [1.82, 2.24) is 0 Å². The predicted molar refractivity (Wildman–Crippen MR) is 120 cm³/mol. The summed E-state index contributed by atoms with van der Waals surface area (Å²) in [5.74, 6) is 4.43. The molecule has 0 amide bonds. The molecular weight excluding hydrogens is 356 g/mol. The lowest BCUT2D eigenvalue weighted by atomic mass is 9.46. The van der Waals surface area contributed by atoms with Gasteiger partial charge in [-0.1, -0.05) is 66.0 Å². The molecule has 2 N–H and O–H groups in total. The fourth-order valence-corrected chi connectivity index (χ4v) is 8.71. The van der Waals surface area contributed by atoms with Crippen molar-refractivity contribution in [1.29, 1.82) is 0 Å². The minimum atomic E-state index is -0.120. The van der Waals surface area contributed by atoms with Crippen molar-refractivity contribution in [3.63, 3.8) is 0 Å². The van der Waals surface area contributed by atoms with Crippen LogP contribution in [-0.4, -0.2) is 22.4 Å². The lowest BCUT2D eigenvalue weighted by molar-refractivity contribution is -0.0836. The van der Waals surface area contributed by atoms with Crippen molar-refractivity contribution in [2.45, 2.75) is 105 Å². The van der Waals surface area contributed by atoms with Gasteiger partial charge in [0, 0.05) is 0 Å². The van der Waals surface area contributed by atoms with Gasteiger partial charge in [0.05, 0.1) is 12.2 Å². The van der Waals surface area contributed by atoms with Crippen molar-refractivity contribution in [3.05, 3.63) is 12.2 Å². The average molecular weight is 403 g/mol. The molecule has 4 rings (SSSR count). The molecule has 0 bridgehead atoms. The second-order valence-electron chi connectivity index (χ2n) is 12.4. The highest BCUT2D eigenvalue weighted by atomic mass is 16.3. The number of hydrogen-bond acceptors (Lipinski definition) is 2. The zero-order valence-corrected chi connectivity index (χ0v) is 19.6. The summed E-state index contributed by atoms with van der Waals surface area (Å²) in [6, 6.07) is 0. The molecule has 3 fully saturated rings. The van der Waals surface area contributed by atoms with E-state index < -0.39 is 0 Å². The molecule has 0 heterocycles. The Morgan fingerprint density at radius 1 is 0.897 bits per heavy atom. The molecule has 0 aliphatic heterocycles. The maximum absolute atomic E-state index is 11.2. The Kier molecular flexibility index (Phi) is 6.01. The molecule has 0 aromatic heterocycles. The summed E-state index contributed by atoms with van der Waals surface area (Å²) < 4.78 is 0. The third-order valence-electron chi connectivity index (χ3n) is 10.3. The first-order valence-electron chi connectivity index (χ1n) is 12.7. The largest absolute Gasteiger partial charge is 0.393 e.